The molecule has 3 nitrogen and oxygen atoms in total. The second-order valence-electron chi connectivity index (χ2n) is 3.46. The molecular formula is C12H13N3S. The molecule has 0 aliphatic rings. The first kappa shape index (κ1) is 11.1. The smallest absolute Gasteiger partial charge is 0.192 e. The number of nitrogens with zero attached hydrogens (tertiary/aromatic N) is 2. The zero-order valence-electron chi connectivity index (χ0n) is 9.00. The van der Waals surface area contributed by atoms with Crippen molar-refractivity contribution in [2.45, 2.75) is 23.0 Å². The van der Waals surface area contributed by atoms with E-state index in [9.17, 15) is 0 Å². The molecule has 1 aromatic carbocycles. The summed E-state index contributed by atoms with van der Waals surface area (Å²) in [6.07, 6.45) is 3.48. The predicted octanol–water partition coefficient (Wildman–Crippen LogP) is 2.65. The van der Waals surface area contributed by atoms with Crippen LogP contribution in [0.15, 0.2) is 52.8 Å². The molecule has 0 radical (unpaired) electrons. The van der Waals surface area contributed by atoms with E-state index in [2.05, 4.69) is 9.97 Å². The number of benzene rings is 1. The van der Waals surface area contributed by atoms with Gasteiger partial charge >= 0.3 is 0 Å². The summed E-state index contributed by atoms with van der Waals surface area (Å²) < 4.78 is 0. The normalized spacial score (nSPS) is 12.4. The minimum absolute atomic E-state index is 0.0208. The van der Waals surface area contributed by atoms with E-state index >= 15 is 0 Å². The molecule has 1 heterocycles. The summed E-state index contributed by atoms with van der Waals surface area (Å²) in [5.74, 6) is 0. The van der Waals surface area contributed by atoms with Gasteiger partial charge < -0.3 is 5.73 Å². The molecule has 2 rings (SSSR count). The molecule has 0 amide bonds. The number of nitrogens with two attached hydrogens (primary N) is 1. The lowest BCUT2D eigenvalue weighted by Crippen LogP contribution is -2.06. The van der Waals surface area contributed by atoms with Crippen LogP contribution in [-0.2, 0) is 0 Å². The van der Waals surface area contributed by atoms with Crippen molar-refractivity contribution in [3.05, 3.63) is 48.3 Å². The van der Waals surface area contributed by atoms with Crippen LogP contribution < -0.4 is 5.73 Å². The third kappa shape index (κ3) is 2.59. The highest BCUT2D eigenvalue weighted by atomic mass is 32.2. The maximum Gasteiger partial charge on any atom is 0.192 e. The number of rotatable bonds is 3. The molecule has 0 saturated carbocycles. The largest absolute Gasteiger partial charge is 0.324 e. The fraction of sp³-hybridized carbons (Fsp3) is 0.167. The van der Waals surface area contributed by atoms with Gasteiger partial charge in [0.2, 0.25) is 0 Å². The molecule has 0 saturated heterocycles. The summed E-state index contributed by atoms with van der Waals surface area (Å²) in [5, 5.41) is 0.746. The average molecular weight is 231 g/mol. The van der Waals surface area contributed by atoms with Gasteiger partial charge in [-0.1, -0.05) is 18.2 Å². The Morgan fingerprint density at radius 2 is 1.81 bits per heavy atom. The lowest BCUT2D eigenvalue weighted by molar-refractivity contribution is 0.796. The Bertz CT molecular complexity index is 457. The lowest BCUT2D eigenvalue weighted by atomic mass is 10.1. The fourth-order valence-electron chi connectivity index (χ4n) is 1.39. The van der Waals surface area contributed by atoms with E-state index < -0.39 is 0 Å². The third-order valence-electron chi connectivity index (χ3n) is 2.15. The Morgan fingerprint density at radius 1 is 1.12 bits per heavy atom. The third-order valence-corrected chi connectivity index (χ3v) is 3.14. The van der Waals surface area contributed by atoms with Crippen molar-refractivity contribution in [1.82, 2.24) is 9.97 Å². The van der Waals surface area contributed by atoms with Gasteiger partial charge in [-0.25, -0.2) is 9.97 Å². The standard InChI is InChI=1S/C12H13N3S/c1-9(13)10-5-2-3-6-11(10)16-12-14-7-4-8-15-12/h2-9H,13H2,1H3. The predicted molar refractivity (Wildman–Crippen MR) is 65.2 cm³/mol. The van der Waals surface area contributed by atoms with Crippen LogP contribution in [-0.4, -0.2) is 9.97 Å². The van der Waals surface area contributed by atoms with Crippen molar-refractivity contribution in [2.24, 2.45) is 5.73 Å². The molecule has 16 heavy (non-hydrogen) atoms. The van der Waals surface area contributed by atoms with E-state index in [4.69, 9.17) is 5.73 Å². The van der Waals surface area contributed by atoms with Crippen molar-refractivity contribution in [1.29, 1.82) is 0 Å². The molecule has 4 heteroatoms. The van der Waals surface area contributed by atoms with Gasteiger partial charge in [0.05, 0.1) is 0 Å². The highest BCUT2D eigenvalue weighted by Gasteiger charge is 2.08. The molecule has 2 N–H and O–H groups in total. The molecule has 2 aromatic rings. The molecule has 82 valence electrons. The van der Waals surface area contributed by atoms with Crippen LogP contribution in [0.3, 0.4) is 0 Å². The SMILES string of the molecule is CC(N)c1ccccc1Sc1ncccn1. The number of aromatic nitrogens is 2. The van der Waals surface area contributed by atoms with E-state index in [0.29, 0.717) is 0 Å². The zero-order valence-corrected chi connectivity index (χ0v) is 9.82. The molecule has 1 unspecified atom stereocenters. The van der Waals surface area contributed by atoms with E-state index in [-0.39, 0.29) is 6.04 Å². The van der Waals surface area contributed by atoms with E-state index in [1.807, 2.05) is 37.3 Å². The Hall–Kier alpha value is -1.39. The molecule has 0 fully saturated rings. The van der Waals surface area contributed by atoms with Crippen molar-refractivity contribution >= 4 is 11.8 Å². The van der Waals surface area contributed by atoms with Gasteiger partial charge in [-0.3, -0.25) is 0 Å². The van der Waals surface area contributed by atoms with Gasteiger partial charge in [-0.2, -0.15) is 0 Å². The van der Waals surface area contributed by atoms with Gasteiger partial charge in [0.25, 0.3) is 0 Å². The maximum absolute atomic E-state index is 5.91. The minimum atomic E-state index is 0.0208. The second kappa shape index (κ2) is 5.09. The monoisotopic (exact) mass is 231 g/mol. The van der Waals surface area contributed by atoms with Crippen LogP contribution in [0.4, 0.5) is 0 Å². The summed E-state index contributed by atoms with van der Waals surface area (Å²) in [7, 11) is 0. The second-order valence-corrected chi connectivity index (χ2v) is 4.47. The maximum atomic E-state index is 5.91. The minimum Gasteiger partial charge on any atom is -0.324 e. The van der Waals surface area contributed by atoms with Crippen LogP contribution in [0.1, 0.15) is 18.5 Å². The van der Waals surface area contributed by atoms with Gasteiger partial charge in [0.1, 0.15) is 0 Å². The first-order chi connectivity index (χ1) is 7.77. The Balaban J connectivity index is 2.28. The Kier molecular flexibility index (Phi) is 3.54. The summed E-state index contributed by atoms with van der Waals surface area (Å²) in [4.78, 5) is 9.49. The Morgan fingerprint density at radius 3 is 2.50 bits per heavy atom. The topological polar surface area (TPSA) is 51.8 Å². The summed E-state index contributed by atoms with van der Waals surface area (Å²) in [6.45, 7) is 1.98. The number of hydrogen-bond donors (Lipinski definition) is 1. The van der Waals surface area contributed by atoms with Gasteiger partial charge in [-0.15, -0.1) is 0 Å². The molecule has 1 aromatic heterocycles. The van der Waals surface area contributed by atoms with E-state index in [1.54, 1.807) is 24.2 Å². The number of hydrogen-bond acceptors (Lipinski definition) is 4. The zero-order chi connectivity index (χ0) is 11.4. The lowest BCUT2D eigenvalue weighted by Gasteiger charge is -2.10. The van der Waals surface area contributed by atoms with Crippen LogP contribution in [0.25, 0.3) is 0 Å². The first-order valence-electron chi connectivity index (χ1n) is 5.07. The van der Waals surface area contributed by atoms with Crippen molar-refractivity contribution < 1.29 is 0 Å². The average Bonchev–Trinajstić information content (AvgIpc) is 2.31. The van der Waals surface area contributed by atoms with E-state index in [0.717, 1.165) is 15.6 Å². The van der Waals surface area contributed by atoms with Crippen molar-refractivity contribution in [3.63, 3.8) is 0 Å². The fourth-order valence-corrected chi connectivity index (χ4v) is 2.33. The van der Waals surface area contributed by atoms with E-state index in [1.165, 1.54) is 0 Å². The van der Waals surface area contributed by atoms with Crippen LogP contribution in [0.5, 0.6) is 0 Å². The van der Waals surface area contributed by atoms with Crippen LogP contribution in [0.2, 0.25) is 0 Å². The van der Waals surface area contributed by atoms with Gasteiger partial charge in [0, 0.05) is 23.3 Å². The quantitative estimate of drug-likeness (QED) is 0.825. The Labute approximate surface area is 99.1 Å². The molecule has 1 atom stereocenters. The summed E-state index contributed by atoms with van der Waals surface area (Å²) >= 11 is 1.54. The molecule has 0 bridgehead atoms. The first-order valence-corrected chi connectivity index (χ1v) is 5.88. The van der Waals surface area contributed by atoms with Crippen molar-refractivity contribution in [2.75, 3.05) is 0 Å². The molecule has 0 aliphatic carbocycles. The summed E-state index contributed by atoms with van der Waals surface area (Å²) in [6, 6.07) is 9.90. The molecular weight excluding hydrogens is 218 g/mol. The highest BCUT2D eigenvalue weighted by Crippen LogP contribution is 2.29. The molecule has 0 spiro atoms. The van der Waals surface area contributed by atoms with Gasteiger partial charge in [0.15, 0.2) is 5.16 Å². The highest BCUT2D eigenvalue weighted by molar-refractivity contribution is 7.99. The van der Waals surface area contributed by atoms with Crippen LogP contribution >= 0.6 is 11.8 Å². The van der Waals surface area contributed by atoms with Gasteiger partial charge in [-0.05, 0) is 36.4 Å². The van der Waals surface area contributed by atoms with Crippen LogP contribution in [0, 0.1) is 0 Å². The summed E-state index contributed by atoms with van der Waals surface area (Å²) in [5.41, 5.74) is 7.04. The van der Waals surface area contributed by atoms with Crippen molar-refractivity contribution in [3.8, 4) is 0 Å². The molecule has 0 aliphatic heterocycles.